The molecule has 4 rings (SSSR count). The van der Waals surface area contributed by atoms with Crippen molar-refractivity contribution in [3.8, 4) is 22.6 Å². The van der Waals surface area contributed by atoms with Crippen molar-refractivity contribution < 1.29 is 42.1 Å². The first-order valence-electron chi connectivity index (χ1n) is 11.7. The van der Waals surface area contributed by atoms with Crippen LogP contribution in [0.4, 0.5) is 18.9 Å². The van der Waals surface area contributed by atoms with Crippen LogP contribution in [0.2, 0.25) is 5.02 Å². The third-order valence-electron chi connectivity index (χ3n) is 6.95. The Morgan fingerprint density at radius 3 is 2.36 bits per heavy atom. The van der Waals surface area contributed by atoms with Crippen LogP contribution in [0.25, 0.3) is 11.1 Å². The highest BCUT2D eigenvalue weighted by atomic mass is 35.5. The molecule has 0 saturated carbocycles. The number of halogens is 4. The van der Waals surface area contributed by atoms with E-state index in [0.29, 0.717) is 11.1 Å². The number of carbonyl (C=O) groups excluding carboxylic acids is 2. The van der Waals surface area contributed by atoms with Gasteiger partial charge in [0.25, 0.3) is 5.91 Å². The molecule has 39 heavy (non-hydrogen) atoms. The molecule has 206 valence electrons. The minimum Gasteiger partial charge on any atom is -0.496 e. The minimum atomic E-state index is -5.10. The second-order valence-electron chi connectivity index (χ2n) is 9.05. The molecule has 1 amide bonds. The van der Waals surface area contributed by atoms with Gasteiger partial charge in [0.05, 0.1) is 19.9 Å². The number of alkyl halides is 3. The van der Waals surface area contributed by atoms with E-state index in [1.165, 1.54) is 57.4 Å². The molecular formula is C28H25ClF3NO6. The average molecular weight is 564 g/mol. The zero-order chi connectivity index (χ0) is 28.7. The number of methoxy groups -OCH3 is 2. The first-order chi connectivity index (χ1) is 18.3. The molecule has 0 aromatic heterocycles. The fourth-order valence-electron chi connectivity index (χ4n) is 4.60. The SMILES string of the molecule is COC(=O)c1ccc(-c2ccc(C(C)C(O)(c3ccc4c(c3)N(C)C(=O)CO4)C(F)(F)F)c(Cl)c2)cc1OC. The van der Waals surface area contributed by atoms with Gasteiger partial charge in [-0.15, -0.1) is 0 Å². The van der Waals surface area contributed by atoms with Crippen molar-refractivity contribution in [2.45, 2.75) is 24.6 Å². The van der Waals surface area contributed by atoms with Gasteiger partial charge in [-0.05, 0) is 52.6 Å². The number of fused-ring (bicyclic) bond motifs is 1. The summed E-state index contributed by atoms with van der Waals surface area (Å²) in [5, 5.41) is 11.3. The normalized spacial score (nSPS) is 15.6. The third-order valence-corrected chi connectivity index (χ3v) is 7.28. The average Bonchev–Trinajstić information content (AvgIpc) is 2.92. The fraction of sp³-hybridized carbons (Fsp3) is 0.286. The van der Waals surface area contributed by atoms with Crippen molar-refractivity contribution in [2.75, 3.05) is 32.8 Å². The lowest BCUT2D eigenvalue weighted by atomic mass is 9.77. The molecular weight excluding hydrogens is 539 g/mol. The maximum atomic E-state index is 14.6. The van der Waals surface area contributed by atoms with Crippen LogP contribution in [0.15, 0.2) is 54.6 Å². The topological polar surface area (TPSA) is 85.3 Å². The van der Waals surface area contributed by atoms with Crippen molar-refractivity contribution in [3.63, 3.8) is 0 Å². The molecule has 0 bridgehead atoms. The summed E-state index contributed by atoms with van der Waals surface area (Å²) in [5.41, 5.74) is -2.30. The summed E-state index contributed by atoms with van der Waals surface area (Å²) in [6.07, 6.45) is -5.10. The number of hydrogen-bond acceptors (Lipinski definition) is 6. The van der Waals surface area contributed by atoms with Gasteiger partial charge < -0.3 is 24.2 Å². The van der Waals surface area contributed by atoms with Crippen LogP contribution in [-0.2, 0) is 15.1 Å². The number of benzene rings is 3. The molecule has 3 aromatic rings. The quantitative estimate of drug-likeness (QED) is 0.387. The first kappa shape index (κ1) is 28.3. The molecule has 2 unspecified atom stereocenters. The van der Waals surface area contributed by atoms with Crippen molar-refractivity contribution in [1.29, 1.82) is 0 Å². The lowest BCUT2D eigenvalue weighted by Crippen LogP contribution is -2.47. The number of nitrogens with zero attached hydrogens (tertiary/aromatic N) is 1. The van der Waals surface area contributed by atoms with E-state index >= 15 is 0 Å². The Hall–Kier alpha value is -3.76. The molecule has 3 aromatic carbocycles. The summed E-state index contributed by atoms with van der Waals surface area (Å²) in [7, 11) is 4.06. The van der Waals surface area contributed by atoms with Crippen molar-refractivity contribution >= 4 is 29.2 Å². The summed E-state index contributed by atoms with van der Waals surface area (Å²) < 4.78 is 59.0. The number of ether oxygens (including phenoxy) is 3. The summed E-state index contributed by atoms with van der Waals surface area (Å²) in [6, 6.07) is 12.7. The van der Waals surface area contributed by atoms with Crippen LogP contribution in [0, 0.1) is 0 Å². The second kappa shape index (κ2) is 10.4. The molecule has 1 aliphatic rings. The van der Waals surface area contributed by atoms with Crippen molar-refractivity contribution in [2.24, 2.45) is 0 Å². The van der Waals surface area contributed by atoms with E-state index in [1.807, 2.05) is 0 Å². The Morgan fingerprint density at radius 1 is 1.08 bits per heavy atom. The Kier molecular flexibility index (Phi) is 7.55. The number of aliphatic hydroxyl groups is 1. The number of likely N-dealkylation sites (N-methyl/N-ethyl adjacent to an activating group) is 1. The van der Waals surface area contributed by atoms with Crippen LogP contribution in [0.1, 0.15) is 34.3 Å². The highest BCUT2D eigenvalue weighted by molar-refractivity contribution is 6.31. The zero-order valence-electron chi connectivity index (χ0n) is 21.4. The number of carbonyl (C=O) groups is 2. The van der Waals surface area contributed by atoms with Crippen LogP contribution >= 0.6 is 11.6 Å². The third kappa shape index (κ3) is 4.90. The van der Waals surface area contributed by atoms with Gasteiger partial charge in [-0.25, -0.2) is 4.79 Å². The minimum absolute atomic E-state index is 0.00715. The van der Waals surface area contributed by atoms with E-state index in [4.69, 9.17) is 25.8 Å². The second-order valence-corrected chi connectivity index (χ2v) is 9.46. The highest BCUT2D eigenvalue weighted by Gasteiger charge is 2.59. The van der Waals surface area contributed by atoms with Gasteiger partial charge in [0.15, 0.2) is 12.2 Å². The summed E-state index contributed by atoms with van der Waals surface area (Å²) >= 11 is 6.50. The van der Waals surface area contributed by atoms with E-state index in [9.17, 15) is 27.9 Å². The predicted octanol–water partition coefficient (Wildman–Crippen LogP) is 5.71. The van der Waals surface area contributed by atoms with Crippen LogP contribution in [-0.4, -0.2) is 51.0 Å². The van der Waals surface area contributed by atoms with Gasteiger partial charge in [0, 0.05) is 18.0 Å². The molecule has 2 atom stereocenters. The lowest BCUT2D eigenvalue weighted by Gasteiger charge is -2.38. The molecule has 0 radical (unpaired) electrons. The first-order valence-corrected chi connectivity index (χ1v) is 12.1. The largest absolute Gasteiger partial charge is 0.496 e. The van der Waals surface area contributed by atoms with Gasteiger partial charge in [0.1, 0.15) is 17.1 Å². The smallest absolute Gasteiger partial charge is 0.422 e. The van der Waals surface area contributed by atoms with Gasteiger partial charge in [0.2, 0.25) is 0 Å². The Labute approximate surface area is 227 Å². The van der Waals surface area contributed by atoms with Crippen LogP contribution in [0.5, 0.6) is 11.5 Å². The Bertz CT molecular complexity index is 1440. The van der Waals surface area contributed by atoms with Gasteiger partial charge in [-0.1, -0.05) is 42.8 Å². The molecule has 1 aliphatic heterocycles. The summed E-state index contributed by atoms with van der Waals surface area (Å²) in [6.45, 7) is 0.995. The predicted molar refractivity (Wildman–Crippen MR) is 138 cm³/mol. The van der Waals surface area contributed by atoms with Gasteiger partial charge in [-0.3, -0.25) is 4.79 Å². The van der Waals surface area contributed by atoms with Gasteiger partial charge >= 0.3 is 12.1 Å². The standard InChI is InChI=1S/C28H25ClF3NO6/c1-15(27(36,28(30,31)32)18-7-10-23-22(13-18)33(2)25(34)14-39-23)19-8-5-16(11-21(19)29)17-6-9-20(26(35)38-4)24(12-17)37-3/h5-13,15,36H,14H2,1-4H3. The molecule has 0 saturated heterocycles. The van der Waals surface area contributed by atoms with Crippen molar-refractivity contribution in [3.05, 3.63) is 76.3 Å². The molecule has 0 aliphatic carbocycles. The fourth-order valence-corrected chi connectivity index (χ4v) is 4.94. The monoisotopic (exact) mass is 563 g/mol. The molecule has 0 spiro atoms. The number of rotatable bonds is 6. The molecule has 1 heterocycles. The molecule has 1 N–H and O–H groups in total. The van der Waals surface area contributed by atoms with E-state index in [2.05, 4.69) is 0 Å². The van der Waals surface area contributed by atoms with E-state index in [1.54, 1.807) is 18.2 Å². The van der Waals surface area contributed by atoms with E-state index in [0.717, 1.165) is 12.1 Å². The number of anilines is 1. The summed E-state index contributed by atoms with van der Waals surface area (Å²) in [5.74, 6) is -2.08. The zero-order valence-corrected chi connectivity index (χ0v) is 22.2. The molecule has 7 nitrogen and oxygen atoms in total. The molecule has 0 fully saturated rings. The highest BCUT2D eigenvalue weighted by Crippen LogP contribution is 2.51. The maximum absolute atomic E-state index is 14.6. The Morgan fingerprint density at radius 2 is 1.74 bits per heavy atom. The van der Waals surface area contributed by atoms with E-state index in [-0.39, 0.29) is 39.9 Å². The number of amides is 1. The maximum Gasteiger partial charge on any atom is 0.422 e. The van der Waals surface area contributed by atoms with Crippen LogP contribution < -0.4 is 14.4 Å². The molecule has 11 heteroatoms. The lowest BCUT2D eigenvalue weighted by molar-refractivity contribution is -0.274. The van der Waals surface area contributed by atoms with Gasteiger partial charge in [-0.2, -0.15) is 13.2 Å². The van der Waals surface area contributed by atoms with E-state index < -0.39 is 35.1 Å². The Balaban J connectivity index is 1.75. The number of esters is 1. The summed E-state index contributed by atoms with van der Waals surface area (Å²) in [4.78, 5) is 25.2. The number of hydrogen-bond donors (Lipinski definition) is 1. The van der Waals surface area contributed by atoms with Crippen LogP contribution in [0.3, 0.4) is 0 Å². The van der Waals surface area contributed by atoms with Crippen molar-refractivity contribution in [1.82, 2.24) is 0 Å².